The zero-order valence-electron chi connectivity index (χ0n) is 21.6. The fourth-order valence-corrected chi connectivity index (χ4v) is 4.34. The highest BCUT2D eigenvalue weighted by Crippen LogP contribution is 2.37. The first-order chi connectivity index (χ1) is 16.5. The number of nitrogens with zero attached hydrogens (tertiary/aromatic N) is 1. The van der Waals surface area contributed by atoms with E-state index in [9.17, 15) is 5.26 Å². The van der Waals surface area contributed by atoms with E-state index in [-0.39, 0.29) is 10.8 Å². The van der Waals surface area contributed by atoms with Crippen LogP contribution in [0.4, 0.5) is 5.69 Å². The quantitative estimate of drug-likeness (QED) is 0.312. The fourth-order valence-electron chi connectivity index (χ4n) is 4.34. The van der Waals surface area contributed by atoms with Gasteiger partial charge in [-0.2, -0.15) is 5.26 Å². The molecule has 0 saturated carbocycles. The van der Waals surface area contributed by atoms with Gasteiger partial charge in [0.1, 0.15) is 0 Å². The minimum Gasteiger partial charge on any atom is -0.398 e. The topological polar surface area (TPSA) is 49.8 Å². The molecule has 2 N–H and O–H groups in total. The minimum atomic E-state index is 0.0645. The predicted molar refractivity (Wildman–Crippen MR) is 149 cm³/mol. The maximum atomic E-state index is 9.29. The molecule has 0 spiro atoms. The molecule has 176 valence electrons. The molecule has 0 radical (unpaired) electrons. The van der Waals surface area contributed by atoms with Gasteiger partial charge in [-0.25, -0.2) is 0 Å². The highest BCUT2D eigenvalue weighted by Gasteiger charge is 2.17. The molecular weight excluding hydrogens is 424 g/mol. The van der Waals surface area contributed by atoms with Gasteiger partial charge in [-0.3, -0.25) is 0 Å². The normalized spacial score (nSPS) is 11.8. The molecule has 2 nitrogen and oxygen atoms in total. The Labute approximate surface area is 210 Å². The van der Waals surface area contributed by atoms with Crippen LogP contribution in [-0.2, 0) is 10.8 Å². The van der Waals surface area contributed by atoms with Crippen LogP contribution in [-0.4, -0.2) is 0 Å². The summed E-state index contributed by atoms with van der Waals surface area (Å²) in [4.78, 5) is 0. The van der Waals surface area contributed by atoms with Crippen molar-refractivity contribution in [3.63, 3.8) is 0 Å². The molecule has 2 heteroatoms. The van der Waals surface area contributed by atoms with Gasteiger partial charge in [-0.05, 0) is 80.1 Å². The highest BCUT2D eigenvalue weighted by molar-refractivity contribution is 5.85. The second-order valence-corrected chi connectivity index (χ2v) is 11.4. The number of benzene rings is 4. The summed E-state index contributed by atoms with van der Waals surface area (Å²) in [5, 5.41) is 9.29. The van der Waals surface area contributed by atoms with E-state index in [2.05, 4.69) is 114 Å². The van der Waals surface area contributed by atoms with Crippen molar-refractivity contribution in [3.05, 3.63) is 102 Å². The summed E-state index contributed by atoms with van der Waals surface area (Å²) in [5.74, 6) is 0. The van der Waals surface area contributed by atoms with E-state index >= 15 is 0 Å². The van der Waals surface area contributed by atoms with Crippen LogP contribution in [0.2, 0.25) is 0 Å². The molecule has 0 amide bonds. The zero-order chi connectivity index (χ0) is 25.4. The van der Waals surface area contributed by atoms with Crippen molar-refractivity contribution >= 4 is 5.69 Å². The number of rotatable bonds is 3. The second-order valence-electron chi connectivity index (χ2n) is 11.4. The summed E-state index contributed by atoms with van der Waals surface area (Å²) in [6.07, 6.45) is 0. The van der Waals surface area contributed by atoms with Crippen LogP contribution in [0.15, 0.2) is 84.9 Å². The lowest BCUT2D eigenvalue weighted by molar-refractivity contribution is 0.590. The third-order valence-corrected chi connectivity index (χ3v) is 6.55. The predicted octanol–water partition coefficient (Wildman–Crippen LogP) is 8.74. The van der Waals surface area contributed by atoms with Gasteiger partial charge in [0.2, 0.25) is 0 Å². The van der Waals surface area contributed by atoms with E-state index in [1.54, 1.807) is 6.07 Å². The number of anilines is 1. The second kappa shape index (κ2) is 9.08. The van der Waals surface area contributed by atoms with Crippen molar-refractivity contribution in [2.75, 3.05) is 5.73 Å². The minimum absolute atomic E-state index is 0.0645. The Balaban J connectivity index is 1.95. The summed E-state index contributed by atoms with van der Waals surface area (Å²) in [6.45, 7) is 13.4. The van der Waals surface area contributed by atoms with Crippen LogP contribution in [0.3, 0.4) is 0 Å². The molecule has 4 aromatic carbocycles. The average Bonchev–Trinajstić information content (AvgIpc) is 2.82. The number of nitriles is 1. The molecule has 0 saturated heterocycles. The van der Waals surface area contributed by atoms with Crippen LogP contribution >= 0.6 is 0 Å². The molecule has 0 aliphatic rings. The van der Waals surface area contributed by atoms with Gasteiger partial charge in [0.15, 0.2) is 0 Å². The van der Waals surface area contributed by atoms with E-state index in [4.69, 9.17) is 5.73 Å². The average molecular weight is 459 g/mol. The molecule has 0 aliphatic carbocycles. The van der Waals surface area contributed by atoms with Crippen molar-refractivity contribution in [2.24, 2.45) is 0 Å². The Hall–Kier alpha value is -3.83. The summed E-state index contributed by atoms with van der Waals surface area (Å²) < 4.78 is 0. The van der Waals surface area contributed by atoms with Gasteiger partial charge < -0.3 is 5.73 Å². The molecular formula is C33H34N2. The van der Waals surface area contributed by atoms with E-state index in [1.807, 2.05) is 12.1 Å². The van der Waals surface area contributed by atoms with Crippen molar-refractivity contribution in [1.29, 1.82) is 5.26 Å². The number of nitrogen functional groups attached to an aromatic ring is 1. The maximum absolute atomic E-state index is 9.29. The van der Waals surface area contributed by atoms with Gasteiger partial charge >= 0.3 is 0 Å². The largest absolute Gasteiger partial charge is 0.398 e. The zero-order valence-corrected chi connectivity index (χ0v) is 21.6. The molecule has 0 bridgehead atoms. The van der Waals surface area contributed by atoms with E-state index < -0.39 is 0 Å². The van der Waals surface area contributed by atoms with Crippen LogP contribution in [0.25, 0.3) is 33.4 Å². The highest BCUT2D eigenvalue weighted by atomic mass is 14.6. The maximum Gasteiger partial charge on any atom is 0.0992 e. The van der Waals surface area contributed by atoms with Crippen LogP contribution in [0, 0.1) is 11.3 Å². The fraction of sp³-hybridized carbons (Fsp3) is 0.242. The lowest BCUT2D eigenvalue weighted by Gasteiger charge is -2.21. The SMILES string of the molecule is CC(C)(C)c1cccc(-c2cc(-c3cccc(C(C)(C)C)c3)cc(-c3ccc(C#N)cc3N)c2)c1. The van der Waals surface area contributed by atoms with Gasteiger partial charge in [0.25, 0.3) is 0 Å². The first-order valence-electron chi connectivity index (χ1n) is 12.1. The molecule has 35 heavy (non-hydrogen) atoms. The van der Waals surface area contributed by atoms with E-state index in [0.29, 0.717) is 11.3 Å². The molecule has 0 unspecified atom stereocenters. The Kier molecular flexibility index (Phi) is 6.30. The Morgan fingerprint density at radius 3 is 1.49 bits per heavy atom. The Morgan fingerprint density at radius 2 is 1.06 bits per heavy atom. The summed E-state index contributed by atoms with van der Waals surface area (Å²) in [5.41, 5.74) is 17.0. The van der Waals surface area contributed by atoms with E-state index in [0.717, 1.165) is 22.3 Å². The molecule has 0 aliphatic heterocycles. The monoisotopic (exact) mass is 458 g/mol. The third kappa shape index (κ3) is 5.31. The van der Waals surface area contributed by atoms with Crippen molar-refractivity contribution in [3.8, 4) is 39.4 Å². The number of nitrogens with two attached hydrogens (primary N) is 1. The standard InChI is InChI=1S/C33H34N2/c1-32(2,3)28-11-7-9-23(19-28)25-16-26(24-10-8-12-29(20-24)33(4,5)6)18-27(17-25)30-14-13-22(21-34)15-31(30)35/h7-20H,35H2,1-6H3. The van der Waals surface area contributed by atoms with Crippen molar-refractivity contribution in [2.45, 2.75) is 52.4 Å². The summed E-state index contributed by atoms with van der Waals surface area (Å²) in [6, 6.07) is 32.0. The lowest BCUT2D eigenvalue weighted by Crippen LogP contribution is -2.10. The summed E-state index contributed by atoms with van der Waals surface area (Å²) in [7, 11) is 0. The van der Waals surface area contributed by atoms with Gasteiger partial charge in [0.05, 0.1) is 11.6 Å². The molecule has 0 aromatic heterocycles. The van der Waals surface area contributed by atoms with Crippen LogP contribution in [0.1, 0.15) is 58.2 Å². The molecule has 0 atom stereocenters. The number of hydrogen-bond donors (Lipinski definition) is 1. The van der Waals surface area contributed by atoms with Crippen molar-refractivity contribution < 1.29 is 0 Å². The van der Waals surface area contributed by atoms with Gasteiger partial charge in [-0.15, -0.1) is 0 Å². The van der Waals surface area contributed by atoms with Gasteiger partial charge in [0, 0.05) is 11.3 Å². The van der Waals surface area contributed by atoms with Gasteiger partial charge in [-0.1, -0.05) is 96.1 Å². The Morgan fingerprint density at radius 1 is 0.571 bits per heavy atom. The lowest BCUT2D eigenvalue weighted by atomic mass is 9.84. The molecule has 0 heterocycles. The summed E-state index contributed by atoms with van der Waals surface area (Å²) >= 11 is 0. The molecule has 4 rings (SSSR count). The van der Waals surface area contributed by atoms with E-state index in [1.165, 1.54) is 22.3 Å². The third-order valence-electron chi connectivity index (χ3n) is 6.55. The molecule has 0 fully saturated rings. The number of hydrogen-bond acceptors (Lipinski definition) is 2. The van der Waals surface area contributed by atoms with Crippen LogP contribution in [0.5, 0.6) is 0 Å². The van der Waals surface area contributed by atoms with Crippen LogP contribution < -0.4 is 5.73 Å². The van der Waals surface area contributed by atoms with Crippen molar-refractivity contribution in [1.82, 2.24) is 0 Å². The molecule has 4 aromatic rings. The smallest absolute Gasteiger partial charge is 0.0992 e. The first kappa shape index (κ1) is 24.3. The first-order valence-corrected chi connectivity index (χ1v) is 12.1. The Bertz CT molecular complexity index is 1350.